The van der Waals surface area contributed by atoms with Gasteiger partial charge >= 0.3 is 0 Å². The second-order valence-electron chi connectivity index (χ2n) is 7.25. The first kappa shape index (κ1) is 20.7. The Labute approximate surface area is 185 Å². The Morgan fingerprint density at radius 3 is 2.26 bits per heavy atom. The van der Waals surface area contributed by atoms with Crippen molar-refractivity contribution >= 4 is 34.7 Å². The first-order valence-corrected chi connectivity index (χ1v) is 10.1. The molecular weight excluding hydrogens is 414 g/mol. The zero-order chi connectivity index (χ0) is 22.1. The number of anilines is 1. The number of ketones is 1. The molecule has 1 heterocycles. The van der Waals surface area contributed by atoms with E-state index in [2.05, 4.69) is 0 Å². The number of ether oxygens (including phenoxy) is 1. The summed E-state index contributed by atoms with van der Waals surface area (Å²) in [5.41, 5.74) is 2.57. The van der Waals surface area contributed by atoms with Crippen molar-refractivity contribution in [2.24, 2.45) is 0 Å². The number of halogens is 1. The maximum absolute atomic E-state index is 13.1. The van der Waals surface area contributed by atoms with Crippen molar-refractivity contribution in [3.63, 3.8) is 0 Å². The number of methoxy groups -OCH3 is 1. The van der Waals surface area contributed by atoms with Crippen LogP contribution in [0.4, 0.5) is 5.69 Å². The van der Waals surface area contributed by atoms with Gasteiger partial charge in [0, 0.05) is 21.8 Å². The third-order valence-electron chi connectivity index (χ3n) is 5.31. The second-order valence-corrected chi connectivity index (χ2v) is 7.69. The molecule has 31 heavy (non-hydrogen) atoms. The Hall–Kier alpha value is -3.57. The molecule has 156 valence electrons. The molecule has 6 heteroatoms. The van der Waals surface area contributed by atoms with Crippen LogP contribution in [0.2, 0.25) is 5.02 Å². The van der Waals surface area contributed by atoms with Crippen molar-refractivity contribution in [3.8, 4) is 5.75 Å². The van der Waals surface area contributed by atoms with E-state index in [9.17, 15) is 14.7 Å². The molecule has 0 aliphatic carbocycles. The monoisotopic (exact) mass is 433 g/mol. The van der Waals surface area contributed by atoms with Gasteiger partial charge in [0.1, 0.15) is 11.5 Å². The first-order chi connectivity index (χ1) is 14.9. The lowest BCUT2D eigenvalue weighted by Gasteiger charge is -2.26. The third-order valence-corrected chi connectivity index (χ3v) is 5.56. The number of aliphatic hydroxyl groups excluding tert-OH is 1. The molecule has 0 radical (unpaired) electrons. The lowest BCUT2D eigenvalue weighted by atomic mass is 9.94. The van der Waals surface area contributed by atoms with E-state index in [1.807, 2.05) is 19.1 Å². The molecule has 0 saturated carbocycles. The molecule has 1 fully saturated rings. The fraction of sp³-hybridized carbons (Fsp3) is 0.120. The minimum absolute atomic E-state index is 0.00241. The van der Waals surface area contributed by atoms with Gasteiger partial charge in [0.25, 0.3) is 11.7 Å². The lowest BCUT2D eigenvalue weighted by molar-refractivity contribution is -0.132. The summed E-state index contributed by atoms with van der Waals surface area (Å²) < 4.78 is 5.51. The Morgan fingerprint density at radius 1 is 0.968 bits per heavy atom. The van der Waals surface area contributed by atoms with Crippen molar-refractivity contribution in [2.75, 3.05) is 12.0 Å². The number of rotatable bonds is 4. The maximum Gasteiger partial charge on any atom is 0.300 e. The fourth-order valence-electron chi connectivity index (χ4n) is 3.75. The number of carbonyl (C=O) groups is 2. The van der Waals surface area contributed by atoms with Crippen LogP contribution in [-0.2, 0) is 9.59 Å². The maximum atomic E-state index is 13.1. The Morgan fingerprint density at radius 2 is 1.61 bits per heavy atom. The van der Waals surface area contributed by atoms with E-state index in [0.717, 1.165) is 5.56 Å². The van der Waals surface area contributed by atoms with E-state index in [4.69, 9.17) is 16.3 Å². The summed E-state index contributed by atoms with van der Waals surface area (Å²) in [5, 5.41) is 11.6. The number of benzene rings is 3. The lowest BCUT2D eigenvalue weighted by Crippen LogP contribution is -2.29. The molecule has 5 nitrogen and oxygen atoms in total. The number of aryl methyl sites for hydroxylation is 1. The van der Waals surface area contributed by atoms with Gasteiger partial charge in [-0.15, -0.1) is 0 Å². The highest BCUT2D eigenvalue weighted by Crippen LogP contribution is 2.44. The number of Topliss-reactive ketones (excluding diaryl/α,β-unsaturated/α-hetero) is 1. The van der Waals surface area contributed by atoms with Crippen LogP contribution in [0, 0.1) is 6.92 Å². The number of hydrogen-bond donors (Lipinski definition) is 1. The largest absolute Gasteiger partial charge is 0.507 e. The molecule has 0 bridgehead atoms. The molecule has 1 amide bonds. The highest BCUT2D eigenvalue weighted by Gasteiger charge is 2.47. The van der Waals surface area contributed by atoms with E-state index in [1.165, 1.54) is 12.0 Å². The molecule has 1 atom stereocenters. The van der Waals surface area contributed by atoms with Crippen LogP contribution in [-0.4, -0.2) is 23.9 Å². The van der Waals surface area contributed by atoms with Crippen LogP contribution >= 0.6 is 11.6 Å². The minimum Gasteiger partial charge on any atom is -0.507 e. The average Bonchev–Trinajstić information content (AvgIpc) is 3.05. The Bertz CT molecular complexity index is 1180. The summed E-state index contributed by atoms with van der Waals surface area (Å²) in [7, 11) is 1.52. The molecule has 1 N–H and O–H groups in total. The quantitative estimate of drug-likeness (QED) is 0.345. The average molecular weight is 434 g/mol. The van der Waals surface area contributed by atoms with E-state index >= 15 is 0 Å². The van der Waals surface area contributed by atoms with Crippen molar-refractivity contribution in [1.82, 2.24) is 0 Å². The minimum atomic E-state index is -0.852. The number of aliphatic hydroxyl groups is 1. The van der Waals surface area contributed by atoms with Gasteiger partial charge in [-0.2, -0.15) is 0 Å². The molecule has 4 rings (SSSR count). The normalized spacial score (nSPS) is 17.8. The van der Waals surface area contributed by atoms with Gasteiger partial charge in [-0.1, -0.05) is 47.5 Å². The fourth-order valence-corrected chi connectivity index (χ4v) is 3.88. The number of carbonyl (C=O) groups excluding carboxylic acids is 2. The predicted molar refractivity (Wildman–Crippen MR) is 120 cm³/mol. The number of nitrogens with zero attached hydrogens (tertiary/aromatic N) is 1. The summed E-state index contributed by atoms with van der Waals surface area (Å²) >= 11 is 5.96. The third kappa shape index (κ3) is 3.68. The molecule has 1 unspecified atom stereocenters. The molecule has 1 aliphatic heterocycles. The molecule has 3 aromatic carbocycles. The van der Waals surface area contributed by atoms with Crippen LogP contribution in [0.1, 0.15) is 22.7 Å². The molecular formula is C25H20ClNO4. The van der Waals surface area contributed by atoms with Gasteiger partial charge < -0.3 is 9.84 Å². The SMILES string of the molecule is COc1ccccc1C1/C(=C(/O)c2ccc(Cl)cc2)C(=O)C(=O)N1c1ccc(C)cc1. The number of hydrogen-bond acceptors (Lipinski definition) is 4. The van der Waals surface area contributed by atoms with E-state index in [1.54, 1.807) is 60.7 Å². The van der Waals surface area contributed by atoms with Gasteiger partial charge in [0.05, 0.1) is 18.7 Å². The van der Waals surface area contributed by atoms with Crippen LogP contribution in [0.15, 0.2) is 78.4 Å². The van der Waals surface area contributed by atoms with Crippen molar-refractivity contribution in [1.29, 1.82) is 0 Å². The first-order valence-electron chi connectivity index (χ1n) is 9.69. The Balaban J connectivity index is 1.97. The number of para-hydroxylation sites is 1. The van der Waals surface area contributed by atoms with Gasteiger partial charge in [-0.05, 0) is 49.4 Å². The van der Waals surface area contributed by atoms with E-state index in [-0.39, 0.29) is 11.3 Å². The molecule has 3 aromatic rings. The standard InChI is InChI=1S/C25H20ClNO4/c1-15-7-13-18(14-8-15)27-22(19-5-3-4-6-20(19)31-2)21(24(29)25(27)30)23(28)16-9-11-17(26)12-10-16/h3-14,22,28H,1-2H3/b23-21-. The zero-order valence-corrected chi connectivity index (χ0v) is 17.8. The van der Waals surface area contributed by atoms with Crippen LogP contribution in [0.25, 0.3) is 5.76 Å². The highest BCUT2D eigenvalue weighted by molar-refractivity contribution is 6.51. The summed E-state index contributed by atoms with van der Waals surface area (Å²) in [4.78, 5) is 27.7. The molecule has 1 aliphatic rings. The summed E-state index contributed by atoms with van der Waals surface area (Å²) in [6, 6.07) is 20.0. The summed E-state index contributed by atoms with van der Waals surface area (Å²) in [6.45, 7) is 1.94. The summed E-state index contributed by atoms with van der Waals surface area (Å²) in [6.07, 6.45) is 0. The smallest absolute Gasteiger partial charge is 0.300 e. The van der Waals surface area contributed by atoms with Gasteiger partial charge in [-0.3, -0.25) is 14.5 Å². The number of amides is 1. The van der Waals surface area contributed by atoms with Crippen LogP contribution in [0.3, 0.4) is 0 Å². The zero-order valence-electron chi connectivity index (χ0n) is 17.0. The highest BCUT2D eigenvalue weighted by atomic mass is 35.5. The predicted octanol–water partition coefficient (Wildman–Crippen LogP) is 5.28. The summed E-state index contributed by atoms with van der Waals surface area (Å²) in [5.74, 6) is -1.23. The Kier molecular flexibility index (Phi) is 5.53. The molecule has 0 aromatic heterocycles. The van der Waals surface area contributed by atoms with Crippen molar-refractivity contribution in [3.05, 3.63) is 100 Å². The van der Waals surface area contributed by atoms with Gasteiger partial charge in [-0.25, -0.2) is 0 Å². The van der Waals surface area contributed by atoms with Crippen molar-refractivity contribution in [2.45, 2.75) is 13.0 Å². The molecule has 1 saturated heterocycles. The van der Waals surface area contributed by atoms with E-state index < -0.39 is 17.7 Å². The van der Waals surface area contributed by atoms with Gasteiger partial charge in [0.15, 0.2) is 0 Å². The second kappa shape index (κ2) is 8.28. The van der Waals surface area contributed by atoms with Crippen LogP contribution in [0.5, 0.6) is 5.75 Å². The van der Waals surface area contributed by atoms with Gasteiger partial charge in [0.2, 0.25) is 0 Å². The van der Waals surface area contributed by atoms with E-state index in [0.29, 0.717) is 27.6 Å². The topological polar surface area (TPSA) is 66.8 Å². The van der Waals surface area contributed by atoms with Crippen LogP contribution < -0.4 is 9.64 Å². The molecule has 0 spiro atoms. The van der Waals surface area contributed by atoms with Crippen molar-refractivity contribution < 1.29 is 19.4 Å².